The lowest BCUT2D eigenvalue weighted by atomic mass is 9.97. The Morgan fingerprint density at radius 3 is 2.95 bits per heavy atom. The van der Waals surface area contributed by atoms with Gasteiger partial charge in [-0.05, 0) is 30.2 Å². The Balaban J connectivity index is 2.15. The predicted molar refractivity (Wildman–Crippen MR) is 76.5 cm³/mol. The summed E-state index contributed by atoms with van der Waals surface area (Å²) in [4.78, 5) is 24.6. The van der Waals surface area contributed by atoms with Gasteiger partial charge in [-0.15, -0.1) is 0 Å². The van der Waals surface area contributed by atoms with Crippen LogP contribution >= 0.6 is 15.9 Å². The zero-order valence-electron chi connectivity index (χ0n) is 11.1. The van der Waals surface area contributed by atoms with E-state index in [2.05, 4.69) is 15.9 Å². The van der Waals surface area contributed by atoms with E-state index < -0.39 is 11.9 Å². The second-order valence-electron chi connectivity index (χ2n) is 4.81. The van der Waals surface area contributed by atoms with Crippen LogP contribution in [0.3, 0.4) is 0 Å². The van der Waals surface area contributed by atoms with Crippen LogP contribution in [0.25, 0.3) is 0 Å². The van der Waals surface area contributed by atoms with E-state index in [1.54, 1.807) is 12.0 Å². The Morgan fingerprint density at radius 1 is 1.55 bits per heavy atom. The molecule has 1 atom stereocenters. The number of rotatable bonds is 4. The normalized spacial score (nSPS) is 19.0. The van der Waals surface area contributed by atoms with Gasteiger partial charge >= 0.3 is 5.97 Å². The van der Waals surface area contributed by atoms with Gasteiger partial charge in [0.2, 0.25) is 5.91 Å². The molecule has 0 bridgehead atoms. The molecule has 20 heavy (non-hydrogen) atoms. The van der Waals surface area contributed by atoms with E-state index in [0.717, 1.165) is 10.0 Å². The van der Waals surface area contributed by atoms with Crippen LogP contribution in [-0.2, 0) is 16.1 Å². The number of hydrogen-bond donors (Lipinski definition) is 1. The second-order valence-corrected chi connectivity index (χ2v) is 5.66. The van der Waals surface area contributed by atoms with Crippen molar-refractivity contribution in [2.45, 2.75) is 19.4 Å². The van der Waals surface area contributed by atoms with E-state index in [9.17, 15) is 9.59 Å². The number of hydrogen-bond acceptors (Lipinski definition) is 3. The Morgan fingerprint density at radius 2 is 2.30 bits per heavy atom. The van der Waals surface area contributed by atoms with Gasteiger partial charge < -0.3 is 14.7 Å². The van der Waals surface area contributed by atoms with Crippen LogP contribution in [0.15, 0.2) is 22.7 Å². The lowest BCUT2D eigenvalue weighted by Gasteiger charge is -2.31. The van der Waals surface area contributed by atoms with Crippen molar-refractivity contribution in [2.24, 2.45) is 5.92 Å². The van der Waals surface area contributed by atoms with Crippen molar-refractivity contribution in [3.8, 4) is 5.75 Å². The molecule has 1 aromatic rings. The van der Waals surface area contributed by atoms with Gasteiger partial charge in [0, 0.05) is 24.0 Å². The van der Waals surface area contributed by atoms with Crippen LogP contribution < -0.4 is 4.74 Å². The molecule has 0 spiro atoms. The fourth-order valence-corrected chi connectivity index (χ4v) is 2.65. The number of piperidine rings is 1. The van der Waals surface area contributed by atoms with E-state index in [1.165, 1.54) is 0 Å². The van der Waals surface area contributed by atoms with E-state index in [1.807, 2.05) is 18.2 Å². The Hall–Kier alpha value is -1.56. The molecular weight excluding hydrogens is 326 g/mol. The van der Waals surface area contributed by atoms with Gasteiger partial charge in [-0.25, -0.2) is 0 Å². The SMILES string of the molecule is COc1ccc(Br)c(CN2CC(C(=O)O)CCC2=O)c1. The number of methoxy groups -OCH3 is 1. The minimum Gasteiger partial charge on any atom is -0.497 e. The Labute approximate surface area is 125 Å². The maximum atomic E-state index is 11.9. The number of nitrogens with zero attached hydrogens (tertiary/aromatic N) is 1. The van der Waals surface area contributed by atoms with Crippen LogP contribution in [-0.4, -0.2) is 35.5 Å². The molecule has 1 fully saturated rings. The number of carbonyl (C=O) groups excluding carboxylic acids is 1. The van der Waals surface area contributed by atoms with E-state index in [4.69, 9.17) is 9.84 Å². The Bertz CT molecular complexity index is 532. The van der Waals surface area contributed by atoms with Crippen LogP contribution in [0, 0.1) is 5.92 Å². The van der Waals surface area contributed by atoms with Crippen molar-refractivity contribution in [3.63, 3.8) is 0 Å². The molecule has 0 aromatic heterocycles. The molecule has 1 N–H and O–H groups in total. The molecule has 0 saturated carbocycles. The average molecular weight is 342 g/mol. The highest BCUT2D eigenvalue weighted by molar-refractivity contribution is 9.10. The van der Waals surface area contributed by atoms with Crippen molar-refractivity contribution in [2.75, 3.05) is 13.7 Å². The molecule has 1 heterocycles. The van der Waals surface area contributed by atoms with Crippen molar-refractivity contribution in [3.05, 3.63) is 28.2 Å². The highest BCUT2D eigenvalue weighted by Crippen LogP contribution is 2.26. The number of amides is 1. The summed E-state index contributed by atoms with van der Waals surface area (Å²) >= 11 is 3.44. The quantitative estimate of drug-likeness (QED) is 0.912. The molecule has 1 aliphatic heterocycles. The molecule has 1 unspecified atom stereocenters. The molecular formula is C14H16BrNO4. The summed E-state index contributed by atoms with van der Waals surface area (Å²) in [6.45, 7) is 0.651. The smallest absolute Gasteiger partial charge is 0.308 e. The molecule has 5 nitrogen and oxygen atoms in total. The molecule has 0 radical (unpaired) electrons. The first-order chi connectivity index (χ1) is 9.51. The maximum absolute atomic E-state index is 11.9. The molecule has 1 saturated heterocycles. The molecule has 0 aliphatic carbocycles. The highest BCUT2D eigenvalue weighted by atomic mass is 79.9. The maximum Gasteiger partial charge on any atom is 0.308 e. The van der Waals surface area contributed by atoms with Crippen LogP contribution in [0.2, 0.25) is 0 Å². The lowest BCUT2D eigenvalue weighted by Crippen LogP contribution is -2.42. The molecule has 1 amide bonds. The zero-order valence-corrected chi connectivity index (χ0v) is 12.7. The summed E-state index contributed by atoms with van der Waals surface area (Å²) in [7, 11) is 1.58. The number of carbonyl (C=O) groups is 2. The van der Waals surface area contributed by atoms with Crippen molar-refractivity contribution >= 4 is 27.8 Å². The summed E-state index contributed by atoms with van der Waals surface area (Å²) < 4.78 is 6.05. The van der Waals surface area contributed by atoms with Crippen molar-refractivity contribution in [1.82, 2.24) is 4.90 Å². The number of benzene rings is 1. The van der Waals surface area contributed by atoms with Crippen LogP contribution in [0.5, 0.6) is 5.75 Å². The van der Waals surface area contributed by atoms with Crippen LogP contribution in [0.1, 0.15) is 18.4 Å². The molecule has 1 aromatic carbocycles. The summed E-state index contributed by atoms with van der Waals surface area (Å²) in [6, 6.07) is 5.53. The van der Waals surface area contributed by atoms with Gasteiger partial charge in [0.25, 0.3) is 0 Å². The first kappa shape index (κ1) is 14.8. The lowest BCUT2D eigenvalue weighted by molar-refractivity contribution is -0.147. The number of likely N-dealkylation sites (tertiary alicyclic amines) is 1. The van der Waals surface area contributed by atoms with Gasteiger partial charge in [0.1, 0.15) is 5.75 Å². The highest BCUT2D eigenvalue weighted by Gasteiger charge is 2.30. The molecule has 2 rings (SSSR count). The topological polar surface area (TPSA) is 66.8 Å². The third-order valence-electron chi connectivity index (χ3n) is 3.46. The van der Waals surface area contributed by atoms with Gasteiger partial charge in [-0.2, -0.15) is 0 Å². The number of aliphatic carboxylic acids is 1. The summed E-state index contributed by atoms with van der Waals surface area (Å²) in [5, 5.41) is 9.08. The van der Waals surface area contributed by atoms with Crippen molar-refractivity contribution in [1.29, 1.82) is 0 Å². The second kappa shape index (κ2) is 6.26. The Kier molecular flexibility index (Phi) is 4.65. The minimum absolute atomic E-state index is 0.00257. The number of carboxylic acid groups (broad SMARTS) is 1. The first-order valence-corrected chi connectivity index (χ1v) is 7.13. The van der Waals surface area contributed by atoms with Crippen molar-refractivity contribution < 1.29 is 19.4 Å². The first-order valence-electron chi connectivity index (χ1n) is 6.34. The van der Waals surface area contributed by atoms with Gasteiger partial charge in [-0.3, -0.25) is 9.59 Å². The zero-order chi connectivity index (χ0) is 14.7. The average Bonchev–Trinajstić information content (AvgIpc) is 2.43. The molecule has 108 valence electrons. The largest absolute Gasteiger partial charge is 0.497 e. The van der Waals surface area contributed by atoms with E-state index in [-0.39, 0.29) is 12.5 Å². The third-order valence-corrected chi connectivity index (χ3v) is 4.24. The molecule has 1 aliphatic rings. The predicted octanol–water partition coefficient (Wildman–Crippen LogP) is 2.28. The third kappa shape index (κ3) is 3.30. The summed E-state index contributed by atoms with van der Waals surface area (Å²) in [6.07, 6.45) is 0.711. The number of halogens is 1. The fourth-order valence-electron chi connectivity index (χ4n) is 2.27. The van der Waals surface area contributed by atoms with E-state index >= 15 is 0 Å². The number of carboxylic acids is 1. The summed E-state index contributed by atoms with van der Waals surface area (Å²) in [5.41, 5.74) is 0.906. The fraction of sp³-hybridized carbons (Fsp3) is 0.429. The van der Waals surface area contributed by atoms with Gasteiger partial charge in [-0.1, -0.05) is 15.9 Å². The van der Waals surface area contributed by atoms with Crippen LogP contribution in [0.4, 0.5) is 0 Å². The van der Waals surface area contributed by atoms with Gasteiger partial charge in [0.15, 0.2) is 0 Å². The van der Waals surface area contributed by atoms with E-state index in [0.29, 0.717) is 25.1 Å². The molecule has 6 heteroatoms. The summed E-state index contributed by atoms with van der Waals surface area (Å²) in [5.74, 6) is -0.607. The van der Waals surface area contributed by atoms with Gasteiger partial charge in [0.05, 0.1) is 13.0 Å². The monoisotopic (exact) mass is 341 g/mol. The number of ether oxygens (including phenoxy) is 1. The minimum atomic E-state index is -0.841. The standard InChI is InChI=1S/C14H16BrNO4/c1-20-11-3-4-12(15)10(6-11)8-16-7-9(14(18)19)2-5-13(16)17/h3-4,6,9H,2,5,7-8H2,1H3,(H,18,19).